The Bertz CT molecular complexity index is 791. The summed E-state index contributed by atoms with van der Waals surface area (Å²) in [5.74, 6) is 1.64. The SMILES string of the molecule is CCOc1ccc(NC(=O)CN2CCN(c3ccc(C#N)cn3)CC2)cc1. The number of aromatic nitrogens is 1. The Kier molecular flexibility index (Phi) is 6.23. The maximum absolute atomic E-state index is 12.3. The molecule has 0 aliphatic carbocycles. The largest absolute Gasteiger partial charge is 0.494 e. The summed E-state index contributed by atoms with van der Waals surface area (Å²) in [6, 6.07) is 13.1. The van der Waals surface area contributed by atoms with Crippen molar-refractivity contribution in [2.24, 2.45) is 0 Å². The Labute approximate surface area is 159 Å². The number of ether oxygens (including phenoxy) is 1. The number of anilines is 2. The van der Waals surface area contributed by atoms with Gasteiger partial charge >= 0.3 is 0 Å². The number of hydrogen-bond donors (Lipinski definition) is 1. The van der Waals surface area contributed by atoms with Gasteiger partial charge < -0.3 is 15.0 Å². The Morgan fingerprint density at radius 3 is 2.52 bits per heavy atom. The van der Waals surface area contributed by atoms with Crippen molar-refractivity contribution in [2.75, 3.05) is 49.5 Å². The quantitative estimate of drug-likeness (QED) is 0.844. The number of rotatable bonds is 6. The number of piperazine rings is 1. The minimum Gasteiger partial charge on any atom is -0.494 e. The summed E-state index contributed by atoms with van der Waals surface area (Å²) >= 11 is 0. The van der Waals surface area contributed by atoms with E-state index in [4.69, 9.17) is 10.00 Å². The van der Waals surface area contributed by atoms with E-state index in [0.29, 0.717) is 18.7 Å². The number of nitriles is 1. The molecule has 1 N–H and O–H groups in total. The fourth-order valence-electron chi connectivity index (χ4n) is 2.98. The summed E-state index contributed by atoms with van der Waals surface area (Å²) < 4.78 is 5.40. The van der Waals surface area contributed by atoms with Gasteiger partial charge in [-0.1, -0.05) is 0 Å². The van der Waals surface area contributed by atoms with Crippen LogP contribution >= 0.6 is 0 Å². The topological polar surface area (TPSA) is 81.5 Å². The predicted molar refractivity (Wildman–Crippen MR) is 104 cm³/mol. The van der Waals surface area contributed by atoms with Crippen LogP contribution in [0.5, 0.6) is 5.75 Å². The molecule has 0 atom stereocenters. The van der Waals surface area contributed by atoms with Crippen molar-refractivity contribution in [3.05, 3.63) is 48.2 Å². The zero-order chi connectivity index (χ0) is 19.1. The molecule has 1 aliphatic rings. The van der Waals surface area contributed by atoms with Gasteiger partial charge in [0.2, 0.25) is 5.91 Å². The van der Waals surface area contributed by atoms with E-state index in [0.717, 1.165) is 43.4 Å². The Morgan fingerprint density at radius 1 is 1.19 bits per heavy atom. The smallest absolute Gasteiger partial charge is 0.238 e. The summed E-state index contributed by atoms with van der Waals surface area (Å²) in [7, 11) is 0. The zero-order valence-electron chi connectivity index (χ0n) is 15.4. The lowest BCUT2D eigenvalue weighted by molar-refractivity contribution is -0.117. The Morgan fingerprint density at radius 2 is 1.93 bits per heavy atom. The number of nitrogens with zero attached hydrogens (tertiary/aromatic N) is 4. The van der Waals surface area contributed by atoms with Crippen LogP contribution in [0.25, 0.3) is 0 Å². The highest BCUT2D eigenvalue weighted by Gasteiger charge is 2.20. The molecule has 1 aromatic heterocycles. The standard InChI is InChI=1S/C20H23N5O2/c1-2-27-18-6-4-17(5-7-18)23-20(26)15-24-9-11-25(12-10-24)19-8-3-16(13-21)14-22-19/h3-8,14H,2,9-12,15H2,1H3,(H,23,26). The van der Waals surface area contributed by atoms with Crippen LogP contribution in [0.2, 0.25) is 0 Å². The lowest BCUT2D eigenvalue weighted by Crippen LogP contribution is -2.48. The average Bonchev–Trinajstić information content (AvgIpc) is 2.70. The van der Waals surface area contributed by atoms with Crippen LogP contribution in [0.15, 0.2) is 42.6 Å². The average molecular weight is 365 g/mol. The molecule has 3 rings (SSSR count). The third-order valence-electron chi connectivity index (χ3n) is 4.39. The molecular weight excluding hydrogens is 342 g/mol. The van der Waals surface area contributed by atoms with Gasteiger partial charge in [0.15, 0.2) is 0 Å². The Balaban J connectivity index is 1.45. The molecule has 1 saturated heterocycles. The third-order valence-corrected chi connectivity index (χ3v) is 4.39. The van der Waals surface area contributed by atoms with Crippen molar-refractivity contribution >= 4 is 17.4 Å². The molecule has 7 heteroatoms. The van der Waals surface area contributed by atoms with E-state index in [1.807, 2.05) is 37.3 Å². The number of amides is 1. The lowest BCUT2D eigenvalue weighted by Gasteiger charge is -2.35. The van der Waals surface area contributed by atoms with Crippen LogP contribution in [-0.2, 0) is 4.79 Å². The molecular formula is C20H23N5O2. The fraction of sp³-hybridized carbons (Fsp3) is 0.350. The molecule has 2 heterocycles. The van der Waals surface area contributed by atoms with Gasteiger partial charge in [0.25, 0.3) is 0 Å². The minimum atomic E-state index is -0.0240. The lowest BCUT2D eigenvalue weighted by atomic mass is 10.2. The highest BCUT2D eigenvalue weighted by atomic mass is 16.5. The summed E-state index contributed by atoms with van der Waals surface area (Å²) in [6.45, 7) is 6.10. The van der Waals surface area contributed by atoms with Crippen LogP contribution < -0.4 is 15.0 Å². The van der Waals surface area contributed by atoms with Gasteiger partial charge in [-0.25, -0.2) is 4.98 Å². The maximum Gasteiger partial charge on any atom is 0.238 e. The van der Waals surface area contributed by atoms with Crippen LogP contribution in [-0.4, -0.2) is 55.1 Å². The highest BCUT2D eigenvalue weighted by Crippen LogP contribution is 2.16. The van der Waals surface area contributed by atoms with Gasteiger partial charge in [-0.15, -0.1) is 0 Å². The third kappa shape index (κ3) is 5.19. The van der Waals surface area contributed by atoms with E-state index in [2.05, 4.69) is 26.2 Å². The molecule has 0 spiro atoms. The second kappa shape index (κ2) is 9.01. The van der Waals surface area contributed by atoms with Crippen molar-refractivity contribution in [1.29, 1.82) is 5.26 Å². The fourth-order valence-corrected chi connectivity index (χ4v) is 2.98. The molecule has 1 aromatic carbocycles. The molecule has 7 nitrogen and oxygen atoms in total. The number of pyridine rings is 1. The van der Waals surface area contributed by atoms with Crippen molar-refractivity contribution < 1.29 is 9.53 Å². The molecule has 140 valence electrons. The van der Waals surface area contributed by atoms with Crippen molar-refractivity contribution in [3.8, 4) is 11.8 Å². The van der Waals surface area contributed by atoms with Gasteiger partial charge in [0, 0.05) is 38.1 Å². The first kappa shape index (κ1) is 18.7. The molecule has 0 bridgehead atoms. The number of benzene rings is 1. The van der Waals surface area contributed by atoms with E-state index in [9.17, 15) is 4.79 Å². The molecule has 1 fully saturated rings. The second-order valence-corrected chi connectivity index (χ2v) is 6.29. The van der Waals surface area contributed by atoms with Crippen LogP contribution in [0.1, 0.15) is 12.5 Å². The van der Waals surface area contributed by atoms with E-state index in [1.54, 1.807) is 12.3 Å². The first-order valence-electron chi connectivity index (χ1n) is 9.04. The normalized spacial score (nSPS) is 14.4. The second-order valence-electron chi connectivity index (χ2n) is 6.29. The van der Waals surface area contributed by atoms with Crippen LogP contribution in [0.4, 0.5) is 11.5 Å². The van der Waals surface area contributed by atoms with E-state index < -0.39 is 0 Å². The molecule has 0 radical (unpaired) electrons. The summed E-state index contributed by atoms with van der Waals surface area (Å²) in [6.07, 6.45) is 1.59. The molecule has 1 aliphatic heterocycles. The summed E-state index contributed by atoms with van der Waals surface area (Å²) in [5.41, 5.74) is 1.33. The van der Waals surface area contributed by atoms with Crippen LogP contribution in [0, 0.1) is 11.3 Å². The summed E-state index contributed by atoms with van der Waals surface area (Å²) in [4.78, 5) is 20.9. The van der Waals surface area contributed by atoms with Crippen molar-refractivity contribution in [2.45, 2.75) is 6.92 Å². The minimum absolute atomic E-state index is 0.0240. The van der Waals surface area contributed by atoms with E-state index in [1.165, 1.54) is 0 Å². The highest BCUT2D eigenvalue weighted by molar-refractivity contribution is 5.92. The maximum atomic E-state index is 12.3. The predicted octanol–water partition coefficient (Wildman–Crippen LogP) is 2.11. The van der Waals surface area contributed by atoms with Gasteiger partial charge in [0.1, 0.15) is 17.6 Å². The summed E-state index contributed by atoms with van der Waals surface area (Å²) in [5, 5.41) is 11.8. The first-order chi connectivity index (χ1) is 13.2. The number of carbonyl (C=O) groups is 1. The van der Waals surface area contributed by atoms with Crippen molar-refractivity contribution in [3.63, 3.8) is 0 Å². The van der Waals surface area contributed by atoms with Crippen molar-refractivity contribution in [1.82, 2.24) is 9.88 Å². The molecule has 2 aromatic rings. The monoisotopic (exact) mass is 365 g/mol. The molecule has 27 heavy (non-hydrogen) atoms. The number of nitrogens with one attached hydrogen (secondary N) is 1. The molecule has 0 saturated carbocycles. The molecule has 1 amide bonds. The number of hydrogen-bond acceptors (Lipinski definition) is 6. The van der Waals surface area contributed by atoms with E-state index >= 15 is 0 Å². The number of carbonyl (C=O) groups excluding carboxylic acids is 1. The Hall–Kier alpha value is -3.11. The van der Waals surface area contributed by atoms with E-state index in [-0.39, 0.29) is 5.91 Å². The van der Waals surface area contributed by atoms with Crippen LogP contribution in [0.3, 0.4) is 0 Å². The van der Waals surface area contributed by atoms with Gasteiger partial charge in [-0.3, -0.25) is 9.69 Å². The first-order valence-corrected chi connectivity index (χ1v) is 9.04. The van der Waals surface area contributed by atoms with Gasteiger partial charge in [-0.2, -0.15) is 5.26 Å². The molecule has 0 unspecified atom stereocenters. The zero-order valence-corrected chi connectivity index (χ0v) is 15.4. The van der Waals surface area contributed by atoms with Gasteiger partial charge in [0.05, 0.1) is 18.7 Å². The van der Waals surface area contributed by atoms with Gasteiger partial charge in [-0.05, 0) is 43.3 Å².